The minimum absolute atomic E-state index is 0.150. The second kappa shape index (κ2) is 3.68. The van der Waals surface area contributed by atoms with Gasteiger partial charge in [-0.25, -0.2) is 0 Å². The van der Waals surface area contributed by atoms with E-state index in [2.05, 4.69) is 6.58 Å². The van der Waals surface area contributed by atoms with Gasteiger partial charge in [-0.05, 0) is 50.9 Å². The first-order valence-corrected chi connectivity index (χ1v) is 9.51. The molecule has 6 saturated carbocycles. The highest BCUT2D eigenvalue weighted by Crippen LogP contribution is 2.98. The molecule has 0 aromatic carbocycles. The molecule has 1 aliphatic heterocycles. The van der Waals surface area contributed by atoms with Crippen LogP contribution >= 0.6 is 0 Å². The summed E-state index contributed by atoms with van der Waals surface area (Å²) in [6.45, 7) is 6.19. The maximum atomic E-state index is 13.0. The molecular weight excluding hydrogens is 320 g/mol. The molecule has 134 valence electrons. The topological polar surface area (TPSA) is 72.8 Å². The van der Waals surface area contributed by atoms with Crippen LogP contribution in [-0.2, 0) is 19.1 Å². The summed E-state index contributed by atoms with van der Waals surface area (Å²) in [5, 5.41) is 10.7. The Balaban J connectivity index is 1.64. The lowest BCUT2D eigenvalue weighted by atomic mass is 9.54. The molecule has 1 heterocycles. The molecule has 25 heavy (non-hydrogen) atoms. The molecule has 1 saturated heterocycles. The highest BCUT2D eigenvalue weighted by atomic mass is 16.6. The van der Waals surface area contributed by atoms with Crippen molar-refractivity contribution in [1.82, 2.24) is 0 Å². The average molecular weight is 344 g/mol. The zero-order chi connectivity index (χ0) is 17.6. The first-order chi connectivity index (χ1) is 11.8. The zero-order valence-corrected chi connectivity index (χ0v) is 14.7. The third-order valence-electron chi connectivity index (χ3n) is 9.56. The lowest BCUT2D eigenvalue weighted by Crippen LogP contribution is -2.56. The molecule has 0 aromatic rings. The molecule has 7 aliphatic rings. The van der Waals surface area contributed by atoms with E-state index >= 15 is 0 Å². The van der Waals surface area contributed by atoms with Crippen LogP contribution < -0.4 is 0 Å². The van der Waals surface area contributed by atoms with Crippen molar-refractivity contribution in [3.05, 3.63) is 12.2 Å². The van der Waals surface area contributed by atoms with Gasteiger partial charge in [-0.15, -0.1) is 0 Å². The van der Waals surface area contributed by atoms with Crippen molar-refractivity contribution < 1.29 is 24.2 Å². The quantitative estimate of drug-likeness (QED) is 0.580. The van der Waals surface area contributed by atoms with Crippen LogP contribution in [0, 0.1) is 39.9 Å². The number of allylic oxidation sites excluding steroid dienone is 1. The highest BCUT2D eigenvalue weighted by molar-refractivity contribution is 5.88. The fraction of sp³-hybridized carbons (Fsp3) is 0.800. The van der Waals surface area contributed by atoms with Gasteiger partial charge >= 0.3 is 11.9 Å². The van der Waals surface area contributed by atoms with Crippen LogP contribution in [-0.4, -0.2) is 35.9 Å². The van der Waals surface area contributed by atoms with Crippen molar-refractivity contribution >= 4 is 11.9 Å². The molecule has 6 aliphatic carbocycles. The van der Waals surface area contributed by atoms with Crippen LogP contribution in [0.1, 0.15) is 39.0 Å². The number of esters is 2. The Kier molecular flexibility index (Phi) is 2.18. The van der Waals surface area contributed by atoms with Gasteiger partial charge in [0.15, 0.2) is 0 Å². The fourth-order valence-electron chi connectivity index (χ4n) is 8.98. The number of fused-ring (bicyclic) bond motifs is 1. The summed E-state index contributed by atoms with van der Waals surface area (Å²) in [7, 11) is 1.43. The van der Waals surface area contributed by atoms with Gasteiger partial charge in [0.2, 0.25) is 0 Å². The molecule has 6 bridgehead atoms. The van der Waals surface area contributed by atoms with Crippen molar-refractivity contribution in [2.24, 2.45) is 39.9 Å². The number of hydrogen-bond acceptors (Lipinski definition) is 5. The highest BCUT2D eigenvalue weighted by Gasteiger charge is 3.01. The standard InChI is InChI=1S/C20H24O5/c1-9-10-4-6-19-13(9)18(19,8-10)12(15(22)24-3)14-17(2)11(21)5-7-20(14,19)25-16(17)23/h10-14,21H,1,4-8H2,2-3H3/t10-,11+,12-,13?,14-,17-,18-,19+,20+/m1/s1. The monoisotopic (exact) mass is 344 g/mol. The second-order valence-electron chi connectivity index (χ2n) is 9.55. The molecule has 2 spiro atoms. The maximum absolute atomic E-state index is 13.0. The minimum Gasteiger partial charge on any atom is -0.469 e. The Bertz CT molecular complexity index is 774. The van der Waals surface area contributed by atoms with E-state index < -0.39 is 17.1 Å². The van der Waals surface area contributed by atoms with Crippen LogP contribution in [0.25, 0.3) is 0 Å². The van der Waals surface area contributed by atoms with E-state index in [-0.39, 0.29) is 40.5 Å². The number of methoxy groups -OCH3 is 1. The van der Waals surface area contributed by atoms with Crippen molar-refractivity contribution in [2.75, 3.05) is 7.11 Å². The molecule has 0 amide bonds. The number of carbonyl (C=O) groups is 2. The first kappa shape index (κ1) is 14.8. The van der Waals surface area contributed by atoms with E-state index in [1.807, 2.05) is 6.92 Å². The lowest BCUT2D eigenvalue weighted by Gasteiger charge is -2.48. The largest absolute Gasteiger partial charge is 0.469 e. The molecule has 7 fully saturated rings. The number of aliphatic hydroxyl groups is 1. The predicted octanol–water partition coefficient (Wildman–Crippen LogP) is 1.83. The molecule has 0 radical (unpaired) electrons. The van der Waals surface area contributed by atoms with E-state index in [1.165, 1.54) is 12.7 Å². The van der Waals surface area contributed by atoms with Gasteiger partial charge < -0.3 is 14.6 Å². The molecule has 9 atom stereocenters. The lowest BCUT2D eigenvalue weighted by molar-refractivity contribution is -0.161. The van der Waals surface area contributed by atoms with Crippen LogP contribution in [0.4, 0.5) is 0 Å². The molecule has 0 aromatic heterocycles. The van der Waals surface area contributed by atoms with Crippen LogP contribution in [0.2, 0.25) is 0 Å². The van der Waals surface area contributed by atoms with Crippen molar-refractivity contribution in [2.45, 2.75) is 50.7 Å². The molecule has 5 nitrogen and oxygen atoms in total. The number of aliphatic hydroxyl groups excluding tert-OH is 1. The van der Waals surface area contributed by atoms with E-state index in [1.54, 1.807) is 0 Å². The summed E-state index contributed by atoms with van der Waals surface area (Å²) >= 11 is 0. The zero-order valence-electron chi connectivity index (χ0n) is 14.7. The summed E-state index contributed by atoms with van der Waals surface area (Å²) < 4.78 is 11.4. The van der Waals surface area contributed by atoms with Crippen molar-refractivity contribution in [3.8, 4) is 0 Å². The molecule has 7 rings (SSSR count). The summed E-state index contributed by atoms with van der Waals surface area (Å²) in [6.07, 6.45) is 3.52. The average Bonchev–Trinajstić information content (AvgIpc) is 2.97. The third kappa shape index (κ3) is 1.03. The van der Waals surface area contributed by atoms with Crippen molar-refractivity contribution in [3.63, 3.8) is 0 Å². The third-order valence-corrected chi connectivity index (χ3v) is 9.56. The summed E-state index contributed by atoms with van der Waals surface area (Å²) in [5.74, 6) is -0.418. The van der Waals surface area contributed by atoms with E-state index in [0.717, 1.165) is 19.3 Å². The van der Waals surface area contributed by atoms with Gasteiger partial charge in [-0.2, -0.15) is 0 Å². The van der Waals surface area contributed by atoms with Gasteiger partial charge in [0.25, 0.3) is 0 Å². The smallest absolute Gasteiger partial charge is 0.315 e. The number of rotatable bonds is 1. The molecule has 5 heteroatoms. The molecular formula is C20H24O5. The van der Waals surface area contributed by atoms with Gasteiger partial charge in [-0.3, -0.25) is 9.59 Å². The number of hydrogen-bond donors (Lipinski definition) is 1. The van der Waals surface area contributed by atoms with Gasteiger partial charge in [0.05, 0.1) is 24.5 Å². The van der Waals surface area contributed by atoms with Crippen molar-refractivity contribution in [1.29, 1.82) is 0 Å². The van der Waals surface area contributed by atoms with Gasteiger partial charge in [-0.1, -0.05) is 12.2 Å². The molecule has 1 N–H and O–H groups in total. The van der Waals surface area contributed by atoms with Crippen LogP contribution in [0.5, 0.6) is 0 Å². The Hall–Kier alpha value is -1.36. The minimum atomic E-state index is -0.999. The number of carbonyl (C=O) groups excluding carboxylic acids is 2. The molecule has 1 unspecified atom stereocenters. The Morgan fingerprint density at radius 3 is 2.84 bits per heavy atom. The summed E-state index contributed by atoms with van der Waals surface area (Å²) in [6, 6.07) is 0. The van der Waals surface area contributed by atoms with E-state index in [0.29, 0.717) is 18.8 Å². The summed E-state index contributed by atoms with van der Waals surface area (Å²) in [5.41, 5.74) is -0.653. The maximum Gasteiger partial charge on any atom is 0.315 e. The Morgan fingerprint density at radius 1 is 1.36 bits per heavy atom. The Labute approximate surface area is 146 Å². The van der Waals surface area contributed by atoms with Gasteiger partial charge in [0.1, 0.15) is 5.60 Å². The van der Waals surface area contributed by atoms with Crippen LogP contribution in [0.3, 0.4) is 0 Å². The van der Waals surface area contributed by atoms with E-state index in [9.17, 15) is 14.7 Å². The Morgan fingerprint density at radius 2 is 2.12 bits per heavy atom. The van der Waals surface area contributed by atoms with Gasteiger partial charge in [0, 0.05) is 16.7 Å². The number of ether oxygens (including phenoxy) is 2. The second-order valence-corrected chi connectivity index (χ2v) is 9.55. The first-order valence-electron chi connectivity index (χ1n) is 9.51. The fourth-order valence-corrected chi connectivity index (χ4v) is 8.98. The normalized spacial score (nSPS) is 62.3. The summed E-state index contributed by atoms with van der Waals surface area (Å²) in [4.78, 5) is 25.9. The predicted molar refractivity (Wildman–Crippen MR) is 86.0 cm³/mol. The van der Waals surface area contributed by atoms with Crippen LogP contribution in [0.15, 0.2) is 12.2 Å². The SMILES string of the molecule is C=C1C2[C@@]34CC[C@@H]1C[C@@]23[C@@H](C(=O)OC)[C@@H]1[C@]2(C)C(=O)O[C@@]14CC[C@@H]2O. The van der Waals surface area contributed by atoms with E-state index in [4.69, 9.17) is 9.47 Å².